The third-order valence-corrected chi connectivity index (χ3v) is 4.31. The predicted molar refractivity (Wildman–Crippen MR) is 79.6 cm³/mol. The average Bonchev–Trinajstić information content (AvgIpc) is 2.41. The number of hydrogen-bond donors (Lipinski definition) is 0. The Morgan fingerprint density at radius 3 is 3.00 bits per heavy atom. The van der Waals surface area contributed by atoms with Crippen molar-refractivity contribution in [3.8, 4) is 0 Å². The van der Waals surface area contributed by atoms with Gasteiger partial charge in [-0.2, -0.15) is 0 Å². The first-order valence-corrected chi connectivity index (χ1v) is 7.50. The lowest BCUT2D eigenvalue weighted by molar-refractivity contribution is 0.0541. The van der Waals surface area contributed by atoms with Crippen LogP contribution in [-0.4, -0.2) is 53.4 Å². The normalized spacial score (nSPS) is 20.6. The average molecular weight is 347 g/mol. The summed E-state index contributed by atoms with van der Waals surface area (Å²) in [7, 11) is 2.10. The minimum Gasteiger partial charge on any atom is -0.336 e. The maximum Gasteiger partial charge on any atom is 0.257 e. The van der Waals surface area contributed by atoms with E-state index >= 15 is 0 Å². The minimum atomic E-state index is -0.0367. The molecule has 1 aliphatic heterocycles. The van der Waals surface area contributed by atoms with Crippen LogP contribution < -0.4 is 0 Å². The van der Waals surface area contributed by atoms with Gasteiger partial charge in [-0.05, 0) is 35.5 Å². The molecule has 0 N–H and O–H groups in total. The molecular formula is C13H17BrClN3O. The molecule has 0 aliphatic carbocycles. The van der Waals surface area contributed by atoms with E-state index in [1.165, 1.54) is 0 Å². The first kappa shape index (κ1) is 14.8. The van der Waals surface area contributed by atoms with Crippen LogP contribution >= 0.6 is 27.5 Å². The van der Waals surface area contributed by atoms with Crippen molar-refractivity contribution in [1.29, 1.82) is 0 Å². The number of nitrogens with zero attached hydrogens (tertiary/aromatic N) is 3. The van der Waals surface area contributed by atoms with Crippen LogP contribution in [0.4, 0.5) is 0 Å². The number of hydrogen-bond acceptors (Lipinski definition) is 3. The largest absolute Gasteiger partial charge is 0.336 e. The second kappa shape index (κ2) is 6.20. The van der Waals surface area contributed by atoms with Crippen LogP contribution in [0.15, 0.2) is 16.7 Å². The first-order chi connectivity index (χ1) is 9.02. The zero-order valence-corrected chi connectivity index (χ0v) is 13.4. The molecule has 0 saturated carbocycles. The number of likely N-dealkylation sites (N-methyl/N-ethyl adjacent to an activating group) is 1. The van der Waals surface area contributed by atoms with Crippen LogP contribution in [0.2, 0.25) is 5.15 Å². The topological polar surface area (TPSA) is 36.4 Å². The van der Waals surface area contributed by atoms with Gasteiger partial charge < -0.3 is 4.90 Å². The van der Waals surface area contributed by atoms with E-state index in [1.54, 1.807) is 12.3 Å². The minimum absolute atomic E-state index is 0.0367. The SMILES string of the molecule is CCC1CN(C(=O)c2cc(Br)cnc2Cl)CCN1C. The van der Waals surface area contributed by atoms with E-state index in [2.05, 4.69) is 39.8 Å². The van der Waals surface area contributed by atoms with E-state index in [4.69, 9.17) is 11.6 Å². The highest BCUT2D eigenvalue weighted by Gasteiger charge is 2.28. The Labute approximate surface area is 126 Å². The van der Waals surface area contributed by atoms with E-state index < -0.39 is 0 Å². The van der Waals surface area contributed by atoms with E-state index in [-0.39, 0.29) is 11.1 Å². The Bertz CT molecular complexity index is 483. The Hall–Kier alpha value is -0.650. The summed E-state index contributed by atoms with van der Waals surface area (Å²) >= 11 is 9.34. The fraction of sp³-hybridized carbons (Fsp3) is 0.538. The maximum absolute atomic E-state index is 12.5. The summed E-state index contributed by atoms with van der Waals surface area (Å²) in [6, 6.07) is 2.15. The van der Waals surface area contributed by atoms with Gasteiger partial charge in [-0.1, -0.05) is 18.5 Å². The van der Waals surface area contributed by atoms with Crippen molar-refractivity contribution < 1.29 is 4.79 Å². The molecule has 1 saturated heterocycles. The zero-order chi connectivity index (χ0) is 14.0. The van der Waals surface area contributed by atoms with E-state index in [0.717, 1.165) is 30.5 Å². The molecule has 2 rings (SSSR count). The van der Waals surface area contributed by atoms with Crippen LogP contribution in [-0.2, 0) is 0 Å². The number of piperazine rings is 1. The van der Waals surface area contributed by atoms with Crippen molar-refractivity contribution in [1.82, 2.24) is 14.8 Å². The molecular weight excluding hydrogens is 330 g/mol. The highest BCUT2D eigenvalue weighted by Crippen LogP contribution is 2.21. The molecule has 104 valence electrons. The van der Waals surface area contributed by atoms with Gasteiger partial charge in [0.25, 0.3) is 5.91 Å². The van der Waals surface area contributed by atoms with Crippen molar-refractivity contribution in [3.05, 3.63) is 27.5 Å². The third-order valence-electron chi connectivity index (χ3n) is 3.57. The van der Waals surface area contributed by atoms with Gasteiger partial charge in [0.15, 0.2) is 0 Å². The van der Waals surface area contributed by atoms with Crippen LogP contribution in [0, 0.1) is 0 Å². The van der Waals surface area contributed by atoms with Crippen molar-refractivity contribution in [2.24, 2.45) is 0 Å². The Morgan fingerprint density at radius 2 is 2.32 bits per heavy atom. The zero-order valence-electron chi connectivity index (χ0n) is 11.1. The van der Waals surface area contributed by atoms with Crippen LogP contribution in [0.3, 0.4) is 0 Å². The van der Waals surface area contributed by atoms with Gasteiger partial charge in [-0.25, -0.2) is 4.98 Å². The number of pyridine rings is 1. The van der Waals surface area contributed by atoms with Crippen molar-refractivity contribution in [2.75, 3.05) is 26.7 Å². The molecule has 1 atom stereocenters. The van der Waals surface area contributed by atoms with Gasteiger partial charge in [0.2, 0.25) is 0 Å². The smallest absolute Gasteiger partial charge is 0.257 e. The fourth-order valence-corrected chi connectivity index (χ4v) is 2.83. The number of carbonyl (C=O) groups excluding carboxylic acids is 1. The summed E-state index contributed by atoms with van der Waals surface area (Å²) in [5.41, 5.74) is 0.468. The van der Waals surface area contributed by atoms with Crippen LogP contribution in [0.25, 0.3) is 0 Å². The molecule has 1 amide bonds. The number of amides is 1. The van der Waals surface area contributed by atoms with Crippen molar-refractivity contribution >= 4 is 33.4 Å². The fourth-order valence-electron chi connectivity index (χ4n) is 2.31. The Balaban J connectivity index is 2.18. The molecule has 4 nitrogen and oxygen atoms in total. The highest BCUT2D eigenvalue weighted by molar-refractivity contribution is 9.10. The Kier molecular flexibility index (Phi) is 4.81. The summed E-state index contributed by atoms with van der Waals surface area (Å²) in [5, 5.41) is 0.264. The van der Waals surface area contributed by atoms with Crippen LogP contribution in [0.5, 0.6) is 0 Å². The summed E-state index contributed by atoms with van der Waals surface area (Å²) < 4.78 is 0.765. The maximum atomic E-state index is 12.5. The van der Waals surface area contributed by atoms with Gasteiger partial charge in [0.1, 0.15) is 5.15 Å². The van der Waals surface area contributed by atoms with Crippen molar-refractivity contribution in [2.45, 2.75) is 19.4 Å². The molecule has 19 heavy (non-hydrogen) atoms. The number of aromatic nitrogens is 1. The van der Waals surface area contributed by atoms with Crippen molar-refractivity contribution in [3.63, 3.8) is 0 Å². The van der Waals surface area contributed by atoms with Gasteiger partial charge in [0.05, 0.1) is 5.56 Å². The van der Waals surface area contributed by atoms with Crippen LogP contribution in [0.1, 0.15) is 23.7 Å². The molecule has 1 fully saturated rings. The molecule has 1 aromatic heterocycles. The second-order valence-electron chi connectivity index (χ2n) is 4.79. The van der Waals surface area contributed by atoms with Gasteiger partial charge in [0, 0.05) is 36.3 Å². The predicted octanol–water partition coefficient (Wildman–Crippen LogP) is 2.66. The summed E-state index contributed by atoms with van der Waals surface area (Å²) in [4.78, 5) is 20.7. The Morgan fingerprint density at radius 1 is 1.58 bits per heavy atom. The molecule has 6 heteroatoms. The third kappa shape index (κ3) is 3.27. The highest BCUT2D eigenvalue weighted by atomic mass is 79.9. The van der Waals surface area contributed by atoms with Gasteiger partial charge in [-0.3, -0.25) is 9.69 Å². The summed E-state index contributed by atoms with van der Waals surface area (Å²) in [6.07, 6.45) is 2.63. The molecule has 1 unspecified atom stereocenters. The quantitative estimate of drug-likeness (QED) is 0.773. The second-order valence-corrected chi connectivity index (χ2v) is 6.06. The molecule has 0 spiro atoms. The molecule has 1 aromatic rings. The lowest BCUT2D eigenvalue weighted by Gasteiger charge is -2.39. The first-order valence-electron chi connectivity index (χ1n) is 6.33. The molecule has 1 aliphatic rings. The molecule has 0 bridgehead atoms. The molecule has 0 radical (unpaired) electrons. The van der Waals surface area contributed by atoms with Gasteiger partial charge >= 0.3 is 0 Å². The van der Waals surface area contributed by atoms with E-state index in [9.17, 15) is 4.79 Å². The van der Waals surface area contributed by atoms with Gasteiger partial charge in [-0.15, -0.1) is 0 Å². The van der Waals surface area contributed by atoms with E-state index in [1.807, 2.05) is 4.90 Å². The monoisotopic (exact) mass is 345 g/mol. The number of rotatable bonds is 2. The summed E-state index contributed by atoms with van der Waals surface area (Å²) in [5.74, 6) is -0.0367. The lowest BCUT2D eigenvalue weighted by Crippen LogP contribution is -2.53. The molecule has 0 aromatic carbocycles. The summed E-state index contributed by atoms with van der Waals surface area (Å²) in [6.45, 7) is 4.51. The lowest BCUT2D eigenvalue weighted by atomic mass is 10.1. The standard InChI is InChI=1S/C13H17BrClN3O/c1-3-10-8-18(5-4-17(10)2)13(19)11-6-9(14)7-16-12(11)15/h6-7,10H,3-5,8H2,1-2H3. The number of halogens is 2. The molecule has 2 heterocycles. The number of carbonyl (C=O) groups is 1. The van der Waals surface area contributed by atoms with E-state index in [0.29, 0.717) is 11.6 Å².